The number of unbranched alkanes of at least 4 members (excludes halogenated alkanes) is 1. The Kier molecular flexibility index (Phi) is 4.74. The Hall–Kier alpha value is -1.77. The smallest absolute Gasteiger partial charge is 0.0506 e. The Balaban J connectivity index is 2.24. The van der Waals surface area contributed by atoms with Crippen LogP contribution < -0.4 is 5.73 Å². The summed E-state index contributed by atoms with van der Waals surface area (Å²) in [7, 11) is 0. The van der Waals surface area contributed by atoms with E-state index in [1.807, 2.05) is 6.07 Å². The number of rotatable bonds is 5. The van der Waals surface area contributed by atoms with Crippen LogP contribution in [0.1, 0.15) is 29.5 Å². The maximum Gasteiger partial charge on any atom is 0.0506 e. The van der Waals surface area contributed by atoms with Crippen molar-refractivity contribution in [2.24, 2.45) is 5.73 Å². The first-order valence-corrected chi connectivity index (χ1v) is 8.57. The van der Waals surface area contributed by atoms with E-state index in [9.17, 15) is 0 Å². The summed E-state index contributed by atoms with van der Waals surface area (Å²) < 4.78 is 0. The molecular weight excluding hydrogens is 304 g/mol. The predicted octanol–water partition coefficient (Wildman–Crippen LogP) is 5.39. The highest BCUT2D eigenvalue weighted by atomic mass is 35.5. The van der Waals surface area contributed by atoms with E-state index in [1.54, 1.807) is 0 Å². The van der Waals surface area contributed by atoms with Crippen molar-refractivity contribution in [1.29, 1.82) is 0 Å². The van der Waals surface area contributed by atoms with Gasteiger partial charge in [0.15, 0.2) is 0 Å². The Labute approximate surface area is 142 Å². The van der Waals surface area contributed by atoms with Crippen molar-refractivity contribution in [3.05, 3.63) is 58.1 Å². The maximum atomic E-state index is 6.54. The zero-order chi connectivity index (χ0) is 16.4. The van der Waals surface area contributed by atoms with Crippen LogP contribution in [-0.4, -0.2) is 11.5 Å². The van der Waals surface area contributed by atoms with Gasteiger partial charge < -0.3 is 10.7 Å². The molecule has 0 aliphatic carbocycles. The summed E-state index contributed by atoms with van der Waals surface area (Å²) in [5.74, 6) is 0. The van der Waals surface area contributed by atoms with Gasteiger partial charge in [-0.05, 0) is 62.4 Å². The summed E-state index contributed by atoms with van der Waals surface area (Å²) in [5, 5.41) is 1.99. The van der Waals surface area contributed by atoms with Crippen LogP contribution in [0.3, 0.4) is 0 Å². The van der Waals surface area contributed by atoms with Crippen LogP contribution in [0.25, 0.3) is 22.2 Å². The molecule has 3 heteroatoms. The van der Waals surface area contributed by atoms with Crippen molar-refractivity contribution in [3.63, 3.8) is 0 Å². The number of nitrogens with two attached hydrogens (primary N) is 1. The van der Waals surface area contributed by atoms with Gasteiger partial charge in [-0.1, -0.05) is 41.9 Å². The fourth-order valence-corrected chi connectivity index (χ4v) is 3.51. The maximum absolute atomic E-state index is 6.54. The molecule has 0 amide bonds. The molecule has 0 unspecified atom stereocenters. The third kappa shape index (κ3) is 3.01. The third-order valence-electron chi connectivity index (χ3n) is 4.51. The van der Waals surface area contributed by atoms with Gasteiger partial charge >= 0.3 is 0 Å². The predicted molar refractivity (Wildman–Crippen MR) is 100 cm³/mol. The molecule has 0 atom stereocenters. The number of benzene rings is 2. The van der Waals surface area contributed by atoms with Crippen molar-refractivity contribution < 1.29 is 0 Å². The Morgan fingerprint density at radius 3 is 2.52 bits per heavy atom. The normalized spacial score (nSPS) is 11.3. The number of H-pyrrole nitrogens is 1. The Morgan fingerprint density at radius 1 is 1.00 bits per heavy atom. The van der Waals surface area contributed by atoms with E-state index in [4.69, 9.17) is 17.3 Å². The molecule has 1 heterocycles. The van der Waals surface area contributed by atoms with Crippen LogP contribution in [0.15, 0.2) is 36.4 Å². The lowest BCUT2D eigenvalue weighted by Crippen LogP contribution is -1.99. The topological polar surface area (TPSA) is 41.8 Å². The summed E-state index contributed by atoms with van der Waals surface area (Å²) >= 11 is 6.54. The number of hydrogen-bond donors (Lipinski definition) is 2. The average Bonchev–Trinajstić information content (AvgIpc) is 2.92. The van der Waals surface area contributed by atoms with Crippen molar-refractivity contribution in [1.82, 2.24) is 4.98 Å². The molecule has 3 aromatic rings. The molecule has 3 N–H and O–H groups in total. The molecule has 0 saturated heterocycles. The molecule has 0 saturated carbocycles. The largest absolute Gasteiger partial charge is 0.354 e. The monoisotopic (exact) mass is 326 g/mol. The van der Waals surface area contributed by atoms with Crippen LogP contribution in [0.2, 0.25) is 5.02 Å². The summed E-state index contributed by atoms with van der Waals surface area (Å²) in [5.41, 5.74) is 13.1. The van der Waals surface area contributed by atoms with E-state index in [0.29, 0.717) is 0 Å². The van der Waals surface area contributed by atoms with E-state index < -0.39 is 0 Å². The van der Waals surface area contributed by atoms with Crippen molar-refractivity contribution in [2.45, 2.75) is 33.1 Å². The van der Waals surface area contributed by atoms with Gasteiger partial charge in [-0.2, -0.15) is 0 Å². The van der Waals surface area contributed by atoms with Crippen LogP contribution in [0.5, 0.6) is 0 Å². The summed E-state index contributed by atoms with van der Waals surface area (Å²) in [6.07, 6.45) is 3.10. The lowest BCUT2D eigenvalue weighted by Gasteiger charge is -2.08. The minimum Gasteiger partial charge on any atom is -0.354 e. The number of aromatic nitrogens is 1. The number of aromatic amines is 1. The second-order valence-corrected chi connectivity index (χ2v) is 6.56. The first-order valence-electron chi connectivity index (χ1n) is 8.19. The van der Waals surface area contributed by atoms with Gasteiger partial charge in [0.2, 0.25) is 0 Å². The molecule has 2 aromatic carbocycles. The number of halogens is 1. The fourth-order valence-electron chi connectivity index (χ4n) is 3.24. The minimum absolute atomic E-state index is 0.731. The van der Waals surface area contributed by atoms with Crippen LogP contribution >= 0.6 is 11.6 Å². The molecule has 23 heavy (non-hydrogen) atoms. The molecular formula is C20H23ClN2. The van der Waals surface area contributed by atoms with Gasteiger partial charge in [0.25, 0.3) is 0 Å². The van der Waals surface area contributed by atoms with Gasteiger partial charge in [0, 0.05) is 10.9 Å². The molecule has 0 aliphatic heterocycles. The molecule has 3 rings (SSSR count). The van der Waals surface area contributed by atoms with Gasteiger partial charge in [-0.25, -0.2) is 0 Å². The summed E-state index contributed by atoms with van der Waals surface area (Å²) in [6.45, 7) is 5.01. The molecule has 0 aliphatic rings. The van der Waals surface area contributed by atoms with E-state index in [-0.39, 0.29) is 0 Å². The number of nitrogens with one attached hydrogen (secondary N) is 1. The zero-order valence-corrected chi connectivity index (χ0v) is 14.5. The summed E-state index contributed by atoms with van der Waals surface area (Å²) in [4.78, 5) is 3.64. The molecule has 0 bridgehead atoms. The van der Waals surface area contributed by atoms with E-state index in [0.717, 1.165) is 36.3 Å². The first kappa shape index (κ1) is 16.1. The third-order valence-corrected chi connectivity index (χ3v) is 4.83. The van der Waals surface area contributed by atoms with Crippen molar-refractivity contribution in [3.8, 4) is 11.3 Å². The molecule has 0 fully saturated rings. The van der Waals surface area contributed by atoms with Crippen LogP contribution in [-0.2, 0) is 6.42 Å². The quantitative estimate of drug-likeness (QED) is 0.607. The van der Waals surface area contributed by atoms with E-state index >= 15 is 0 Å². The van der Waals surface area contributed by atoms with Crippen LogP contribution in [0.4, 0.5) is 0 Å². The van der Waals surface area contributed by atoms with Crippen LogP contribution in [0, 0.1) is 13.8 Å². The highest BCUT2D eigenvalue weighted by Crippen LogP contribution is 2.37. The number of hydrogen-bond acceptors (Lipinski definition) is 1. The average molecular weight is 327 g/mol. The van der Waals surface area contributed by atoms with Gasteiger partial charge in [0.05, 0.1) is 16.2 Å². The SMILES string of the molecule is Cc1ccccc1-c1[nH]c2c(C)ccc(Cl)c2c1CCCCN. The minimum atomic E-state index is 0.731. The lowest BCUT2D eigenvalue weighted by molar-refractivity contribution is 0.748. The second-order valence-electron chi connectivity index (χ2n) is 6.15. The standard InChI is InChI=1S/C20H23ClN2/c1-13-7-3-4-8-15(13)20-16(9-5-6-12-22)18-17(21)11-10-14(2)19(18)23-20/h3-4,7-8,10-11,23H,5-6,9,12,22H2,1-2H3. The van der Waals surface area contributed by atoms with E-state index in [1.165, 1.54) is 33.3 Å². The van der Waals surface area contributed by atoms with Gasteiger partial charge in [-0.3, -0.25) is 0 Å². The van der Waals surface area contributed by atoms with Crippen molar-refractivity contribution in [2.75, 3.05) is 6.54 Å². The number of fused-ring (bicyclic) bond motifs is 1. The zero-order valence-electron chi connectivity index (χ0n) is 13.7. The molecule has 120 valence electrons. The number of aryl methyl sites for hydroxylation is 3. The molecule has 0 spiro atoms. The first-order chi connectivity index (χ1) is 11.1. The lowest BCUT2D eigenvalue weighted by atomic mass is 9.97. The molecule has 2 nitrogen and oxygen atoms in total. The summed E-state index contributed by atoms with van der Waals surface area (Å²) in [6, 6.07) is 12.6. The van der Waals surface area contributed by atoms with Gasteiger partial charge in [-0.15, -0.1) is 0 Å². The fraction of sp³-hybridized carbons (Fsp3) is 0.300. The Bertz CT molecular complexity index is 833. The molecule has 0 radical (unpaired) electrons. The highest BCUT2D eigenvalue weighted by Gasteiger charge is 2.17. The van der Waals surface area contributed by atoms with Crippen molar-refractivity contribution >= 4 is 22.5 Å². The van der Waals surface area contributed by atoms with E-state index in [2.05, 4.69) is 49.2 Å². The second kappa shape index (κ2) is 6.77. The Morgan fingerprint density at radius 2 is 1.78 bits per heavy atom. The van der Waals surface area contributed by atoms with Gasteiger partial charge in [0.1, 0.15) is 0 Å². The highest BCUT2D eigenvalue weighted by molar-refractivity contribution is 6.36. The molecule has 1 aromatic heterocycles.